The fourth-order valence-electron chi connectivity index (χ4n) is 0.200. The minimum absolute atomic E-state index is 0.0764. The smallest absolute Gasteiger partial charge is 0.300 e. The predicted molar refractivity (Wildman–Crippen MR) is 57.3 cm³/mol. The van der Waals surface area contributed by atoms with E-state index in [1.165, 1.54) is 0 Å². The zero-order valence-corrected chi connectivity index (χ0v) is 9.86. The van der Waals surface area contributed by atoms with Crippen molar-refractivity contribution in [1.29, 1.82) is 0 Å². The molecule has 0 fully saturated rings. The minimum Gasteiger partial charge on any atom is -0.481 e. The first-order valence-corrected chi connectivity index (χ1v) is 5.79. The summed E-state index contributed by atoms with van der Waals surface area (Å²) in [6, 6.07) is 0. The molecule has 0 aliphatic rings. The number of hydrogen-bond acceptors (Lipinski definition) is 5. The molecule has 0 saturated heterocycles. The summed E-state index contributed by atoms with van der Waals surface area (Å²) in [6.07, 6.45) is 1.17. The first-order valence-electron chi connectivity index (χ1n) is 3.94. The number of carbonyl (C=O) groups is 1. The van der Waals surface area contributed by atoms with E-state index in [4.69, 9.17) is 24.7 Å². The molecular formula is C8H16O7S. The molecule has 0 amide bonds. The number of aliphatic hydroxyl groups excluding tert-OH is 2. The van der Waals surface area contributed by atoms with Crippen LogP contribution in [0, 0.1) is 11.8 Å². The van der Waals surface area contributed by atoms with Crippen LogP contribution < -0.4 is 0 Å². The largest absolute Gasteiger partial charge is 0.481 e. The third-order valence-electron chi connectivity index (χ3n) is 0.441. The molecule has 0 spiro atoms. The number of aliphatic carboxylic acids is 1. The second kappa shape index (κ2) is 13.9. The van der Waals surface area contributed by atoms with E-state index in [9.17, 15) is 8.42 Å². The van der Waals surface area contributed by atoms with Crippen LogP contribution in [0.15, 0.2) is 0 Å². The van der Waals surface area contributed by atoms with Crippen molar-refractivity contribution in [3.63, 3.8) is 0 Å². The lowest BCUT2D eigenvalue weighted by atomic mass is 10.4. The molecule has 0 heterocycles. The Hall–Kier alpha value is -1.14. The van der Waals surface area contributed by atoms with Gasteiger partial charge in [0.05, 0.1) is 12.9 Å². The van der Waals surface area contributed by atoms with Gasteiger partial charge in [0.2, 0.25) is 0 Å². The molecule has 0 unspecified atom stereocenters. The van der Waals surface area contributed by atoms with Crippen LogP contribution in [0.25, 0.3) is 0 Å². The lowest BCUT2D eigenvalue weighted by molar-refractivity contribution is -0.134. The van der Waals surface area contributed by atoms with Crippen molar-refractivity contribution in [3.05, 3.63) is 0 Å². The van der Waals surface area contributed by atoms with Crippen LogP contribution in [0.2, 0.25) is 0 Å². The molecule has 0 bridgehead atoms. The quantitative estimate of drug-likeness (QED) is 0.348. The van der Waals surface area contributed by atoms with Gasteiger partial charge in [-0.2, -0.15) is 8.42 Å². The standard InChI is InChI=1S/C5H8O2.C2H4O2.CH4O3S/c6-4-2-1-3-5-7;1-2(3)4;1-5(2,3)4/h6-7H,2,4-5H2;1H3,(H,3,4);1H3,(H,2,3,4). The van der Waals surface area contributed by atoms with Crippen LogP contribution in [0.3, 0.4) is 0 Å². The molecule has 16 heavy (non-hydrogen) atoms. The number of carboxylic acid groups (broad SMARTS) is 1. The molecule has 0 radical (unpaired) electrons. The summed E-state index contributed by atoms with van der Waals surface area (Å²) >= 11 is 0. The lowest BCUT2D eigenvalue weighted by Crippen LogP contribution is -1.88. The van der Waals surface area contributed by atoms with Crippen molar-refractivity contribution in [3.8, 4) is 11.8 Å². The van der Waals surface area contributed by atoms with E-state index in [2.05, 4.69) is 11.8 Å². The zero-order valence-electron chi connectivity index (χ0n) is 9.04. The van der Waals surface area contributed by atoms with E-state index >= 15 is 0 Å². The number of carboxylic acids is 1. The van der Waals surface area contributed by atoms with E-state index in [1.54, 1.807) is 0 Å². The molecule has 4 N–H and O–H groups in total. The second-order valence-electron chi connectivity index (χ2n) is 2.24. The van der Waals surface area contributed by atoms with Crippen molar-refractivity contribution < 1.29 is 33.1 Å². The fraction of sp³-hybridized carbons (Fsp3) is 0.625. The molecule has 0 aromatic carbocycles. The molecule has 0 aromatic heterocycles. The third kappa shape index (κ3) is 221. The fourth-order valence-corrected chi connectivity index (χ4v) is 0.200. The van der Waals surface area contributed by atoms with Crippen molar-refractivity contribution in [2.75, 3.05) is 19.5 Å². The van der Waals surface area contributed by atoms with E-state index in [0.29, 0.717) is 12.7 Å². The van der Waals surface area contributed by atoms with Gasteiger partial charge in [0.1, 0.15) is 6.61 Å². The highest BCUT2D eigenvalue weighted by molar-refractivity contribution is 7.85. The molecule has 0 aliphatic carbocycles. The van der Waals surface area contributed by atoms with Gasteiger partial charge >= 0.3 is 0 Å². The van der Waals surface area contributed by atoms with Crippen molar-refractivity contribution in [1.82, 2.24) is 0 Å². The van der Waals surface area contributed by atoms with Crippen LogP contribution in [0.1, 0.15) is 13.3 Å². The molecule has 0 atom stereocenters. The summed E-state index contributed by atoms with van der Waals surface area (Å²) in [4.78, 5) is 9.00. The minimum atomic E-state index is -3.67. The Bertz CT molecular complexity index is 297. The highest BCUT2D eigenvalue weighted by atomic mass is 32.2. The highest BCUT2D eigenvalue weighted by Gasteiger charge is 1.81. The molecule has 0 aromatic rings. The third-order valence-corrected chi connectivity index (χ3v) is 0.441. The van der Waals surface area contributed by atoms with Gasteiger partial charge in [-0.15, -0.1) is 0 Å². The average molecular weight is 256 g/mol. The Balaban J connectivity index is -0.000000166. The molecule has 0 rings (SSSR count). The summed E-state index contributed by atoms with van der Waals surface area (Å²) in [5.74, 6) is 4.10. The van der Waals surface area contributed by atoms with E-state index < -0.39 is 16.1 Å². The zero-order chi connectivity index (χ0) is 13.6. The maximum absolute atomic E-state index is 9.19. The van der Waals surface area contributed by atoms with Crippen LogP contribution in [-0.4, -0.2) is 53.7 Å². The summed E-state index contributed by atoms with van der Waals surface area (Å²) in [5.41, 5.74) is 0. The summed E-state index contributed by atoms with van der Waals surface area (Å²) in [6.45, 7) is 1.05. The first kappa shape index (κ1) is 20.3. The van der Waals surface area contributed by atoms with E-state index in [1.807, 2.05) is 0 Å². The van der Waals surface area contributed by atoms with Crippen LogP contribution in [0.4, 0.5) is 0 Å². The van der Waals surface area contributed by atoms with Crippen molar-refractivity contribution in [2.45, 2.75) is 13.3 Å². The van der Waals surface area contributed by atoms with Gasteiger partial charge in [-0.05, 0) is 0 Å². The van der Waals surface area contributed by atoms with Crippen molar-refractivity contribution >= 4 is 16.1 Å². The molecule has 0 aliphatic heterocycles. The molecular weight excluding hydrogens is 240 g/mol. The topological polar surface area (TPSA) is 132 Å². The van der Waals surface area contributed by atoms with Gasteiger partial charge in [-0.25, -0.2) is 0 Å². The van der Waals surface area contributed by atoms with E-state index in [-0.39, 0.29) is 13.2 Å². The Labute approximate surface area is 94.5 Å². The van der Waals surface area contributed by atoms with Crippen LogP contribution in [0.5, 0.6) is 0 Å². The predicted octanol–water partition coefficient (Wildman–Crippen LogP) is -1.04. The van der Waals surface area contributed by atoms with E-state index in [0.717, 1.165) is 6.92 Å². The normalized spacial score (nSPS) is 8.31. The van der Waals surface area contributed by atoms with Gasteiger partial charge < -0.3 is 15.3 Å². The Morgan fingerprint density at radius 1 is 1.25 bits per heavy atom. The van der Waals surface area contributed by atoms with Crippen LogP contribution in [-0.2, 0) is 14.9 Å². The Kier molecular flexibility index (Phi) is 17.6. The second-order valence-corrected chi connectivity index (χ2v) is 3.70. The van der Waals surface area contributed by atoms with Gasteiger partial charge in [-0.1, -0.05) is 11.8 Å². The number of hydrogen-bond donors (Lipinski definition) is 4. The number of aliphatic hydroxyl groups is 2. The number of rotatable bonds is 1. The monoisotopic (exact) mass is 256 g/mol. The average Bonchev–Trinajstić information content (AvgIpc) is 2.01. The van der Waals surface area contributed by atoms with Gasteiger partial charge in [0.15, 0.2) is 0 Å². The Morgan fingerprint density at radius 3 is 1.75 bits per heavy atom. The molecule has 7 nitrogen and oxygen atoms in total. The lowest BCUT2D eigenvalue weighted by Gasteiger charge is -1.74. The molecule has 8 heteroatoms. The maximum Gasteiger partial charge on any atom is 0.300 e. The highest BCUT2D eigenvalue weighted by Crippen LogP contribution is 1.66. The summed E-state index contributed by atoms with van der Waals surface area (Å²) < 4.78 is 25.9. The first-order chi connectivity index (χ1) is 7.15. The molecule has 0 saturated carbocycles. The maximum atomic E-state index is 9.19. The SMILES string of the molecule is CC(=O)O.CS(=O)(=O)O.OCC#CCCO. The van der Waals surface area contributed by atoms with Crippen LogP contribution >= 0.6 is 0 Å². The van der Waals surface area contributed by atoms with Gasteiger partial charge in [0, 0.05) is 13.3 Å². The van der Waals surface area contributed by atoms with Gasteiger partial charge in [0.25, 0.3) is 16.1 Å². The van der Waals surface area contributed by atoms with Crippen molar-refractivity contribution in [2.24, 2.45) is 0 Å². The summed E-state index contributed by atoms with van der Waals surface area (Å²) in [5, 5.41) is 23.6. The summed E-state index contributed by atoms with van der Waals surface area (Å²) in [7, 11) is -3.67. The molecule has 96 valence electrons. The van der Waals surface area contributed by atoms with Gasteiger partial charge in [-0.3, -0.25) is 9.35 Å². The Morgan fingerprint density at radius 2 is 1.56 bits per heavy atom.